The van der Waals surface area contributed by atoms with Crippen molar-refractivity contribution in [3.8, 4) is 0 Å². The molecule has 0 saturated heterocycles. The molecule has 0 radical (unpaired) electrons. The molecule has 0 aliphatic carbocycles. The molecule has 1 aromatic rings. The Labute approximate surface area is 81.4 Å². The molecule has 0 saturated carbocycles. The van der Waals surface area contributed by atoms with Crippen molar-refractivity contribution in [3.63, 3.8) is 0 Å². The van der Waals surface area contributed by atoms with Crippen LogP contribution in [-0.4, -0.2) is 23.7 Å². The van der Waals surface area contributed by atoms with E-state index in [0.29, 0.717) is 17.8 Å². The molecule has 0 fully saturated rings. The van der Waals surface area contributed by atoms with Gasteiger partial charge < -0.3 is 10.4 Å². The lowest BCUT2D eigenvalue weighted by Crippen LogP contribution is -2.25. The van der Waals surface area contributed by atoms with Gasteiger partial charge in [0.2, 0.25) is 0 Å². The molecule has 1 amide bonds. The van der Waals surface area contributed by atoms with Gasteiger partial charge in [-0.1, -0.05) is 6.07 Å². The third kappa shape index (κ3) is 3.57. The van der Waals surface area contributed by atoms with E-state index >= 15 is 0 Å². The zero-order valence-electron chi connectivity index (χ0n) is 7.49. The number of amides is 1. The Balaban J connectivity index is 2.27. The van der Waals surface area contributed by atoms with E-state index in [9.17, 15) is 4.79 Å². The number of rotatable bonds is 4. The van der Waals surface area contributed by atoms with Gasteiger partial charge in [-0.2, -0.15) is 0 Å². The van der Waals surface area contributed by atoms with E-state index in [1.807, 2.05) is 11.4 Å². The highest BCUT2D eigenvalue weighted by Crippen LogP contribution is 2.07. The SMILES string of the molecule is CC(O)CCNC(=O)c1cccs1. The summed E-state index contributed by atoms with van der Waals surface area (Å²) in [5.74, 6) is -0.0596. The Morgan fingerprint density at radius 1 is 1.77 bits per heavy atom. The predicted molar refractivity (Wildman–Crippen MR) is 53.0 cm³/mol. The van der Waals surface area contributed by atoms with Gasteiger partial charge in [-0.25, -0.2) is 0 Å². The van der Waals surface area contributed by atoms with Crippen LogP contribution in [-0.2, 0) is 0 Å². The summed E-state index contributed by atoms with van der Waals surface area (Å²) >= 11 is 1.42. The number of hydrogen-bond donors (Lipinski definition) is 2. The smallest absolute Gasteiger partial charge is 0.261 e. The van der Waals surface area contributed by atoms with Gasteiger partial charge >= 0.3 is 0 Å². The molecule has 1 rings (SSSR count). The number of thiophene rings is 1. The molecule has 0 aliphatic heterocycles. The fourth-order valence-corrected chi connectivity index (χ4v) is 1.53. The first-order chi connectivity index (χ1) is 6.20. The summed E-state index contributed by atoms with van der Waals surface area (Å²) in [5.41, 5.74) is 0. The topological polar surface area (TPSA) is 49.3 Å². The highest BCUT2D eigenvalue weighted by Gasteiger charge is 2.05. The van der Waals surface area contributed by atoms with Crippen molar-refractivity contribution in [2.24, 2.45) is 0 Å². The summed E-state index contributed by atoms with van der Waals surface area (Å²) in [4.78, 5) is 12.0. The van der Waals surface area contributed by atoms with Gasteiger partial charge in [-0.3, -0.25) is 4.79 Å². The molecule has 0 spiro atoms. The second kappa shape index (κ2) is 4.99. The van der Waals surface area contributed by atoms with Crippen LogP contribution < -0.4 is 5.32 Å². The van der Waals surface area contributed by atoms with E-state index in [4.69, 9.17) is 5.11 Å². The number of aliphatic hydroxyl groups is 1. The molecule has 1 aromatic heterocycles. The number of carbonyl (C=O) groups excluding carboxylic acids is 1. The van der Waals surface area contributed by atoms with Gasteiger partial charge in [-0.05, 0) is 24.8 Å². The zero-order valence-corrected chi connectivity index (χ0v) is 8.30. The highest BCUT2D eigenvalue weighted by atomic mass is 32.1. The highest BCUT2D eigenvalue weighted by molar-refractivity contribution is 7.12. The Morgan fingerprint density at radius 2 is 2.54 bits per heavy atom. The van der Waals surface area contributed by atoms with Crippen LogP contribution in [0.5, 0.6) is 0 Å². The predicted octanol–water partition coefficient (Wildman–Crippen LogP) is 1.25. The van der Waals surface area contributed by atoms with Crippen LogP contribution in [0.25, 0.3) is 0 Å². The van der Waals surface area contributed by atoms with Gasteiger partial charge in [0.25, 0.3) is 5.91 Å². The Hall–Kier alpha value is -0.870. The van der Waals surface area contributed by atoms with Crippen LogP contribution in [0.2, 0.25) is 0 Å². The Kier molecular flexibility index (Phi) is 3.92. The standard InChI is InChI=1S/C9H13NO2S/c1-7(11)4-5-10-9(12)8-3-2-6-13-8/h2-3,6-7,11H,4-5H2,1H3,(H,10,12). The lowest BCUT2D eigenvalue weighted by atomic mass is 10.3. The molecule has 13 heavy (non-hydrogen) atoms. The number of aliphatic hydroxyl groups excluding tert-OH is 1. The fraction of sp³-hybridized carbons (Fsp3) is 0.444. The van der Waals surface area contributed by atoms with Gasteiger partial charge in [0.05, 0.1) is 11.0 Å². The summed E-state index contributed by atoms with van der Waals surface area (Å²) in [5, 5.41) is 13.5. The third-order valence-corrected chi connectivity index (χ3v) is 2.46. The second-order valence-corrected chi connectivity index (χ2v) is 3.82. The summed E-state index contributed by atoms with van der Waals surface area (Å²) < 4.78 is 0. The van der Waals surface area contributed by atoms with E-state index < -0.39 is 0 Å². The van der Waals surface area contributed by atoms with Crippen LogP contribution in [0, 0.1) is 0 Å². The maximum absolute atomic E-state index is 11.3. The Bertz CT molecular complexity index is 257. The van der Waals surface area contributed by atoms with Gasteiger partial charge in [-0.15, -0.1) is 11.3 Å². The molecule has 0 aliphatic rings. The molecule has 1 atom stereocenters. The largest absolute Gasteiger partial charge is 0.393 e. The zero-order chi connectivity index (χ0) is 9.68. The van der Waals surface area contributed by atoms with Crippen molar-refractivity contribution in [2.45, 2.75) is 19.4 Å². The van der Waals surface area contributed by atoms with Crippen LogP contribution in [0.1, 0.15) is 23.0 Å². The molecule has 0 bridgehead atoms. The minimum atomic E-state index is -0.358. The van der Waals surface area contributed by atoms with Crippen molar-refractivity contribution in [2.75, 3.05) is 6.54 Å². The molecular formula is C9H13NO2S. The average Bonchev–Trinajstić information content (AvgIpc) is 2.55. The summed E-state index contributed by atoms with van der Waals surface area (Å²) in [6.07, 6.45) is 0.237. The lowest BCUT2D eigenvalue weighted by molar-refractivity contribution is 0.0949. The van der Waals surface area contributed by atoms with E-state index in [0.717, 1.165) is 0 Å². The van der Waals surface area contributed by atoms with Gasteiger partial charge in [0, 0.05) is 6.54 Å². The first kappa shape index (κ1) is 10.2. The van der Waals surface area contributed by atoms with Crippen molar-refractivity contribution >= 4 is 17.2 Å². The van der Waals surface area contributed by atoms with Crippen LogP contribution in [0.15, 0.2) is 17.5 Å². The fourth-order valence-electron chi connectivity index (χ4n) is 0.889. The molecule has 1 unspecified atom stereocenters. The average molecular weight is 199 g/mol. The normalized spacial score (nSPS) is 12.5. The summed E-state index contributed by atoms with van der Waals surface area (Å²) in [6, 6.07) is 3.62. The van der Waals surface area contributed by atoms with E-state index in [-0.39, 0.29) is 12.0 Å². The molecule has 2 N–H and O–H groups in total. The second-order valence-electron chi connectivity index (χ2n) is 2.87. The van der Waals surface area contributed by atoms with Gasteiger partial charge in [0.15, 0.2) is 0 Å². The van der Waals surface area contributed by atoms with Crippen molar-refractivity contribution in [3.05, 3.63) is 22.4 Å². The number of hydrogen-bond acceptors (Lipinski definition) is 3. The lowest BCUT2D eigenvalue weighted by Gasteiger charge is -2.04. The minimum Gasteiger partial charge on any atom is -0.393 e. The third-order valence-electron chi connectivity index (χ3n) is 1.59. The molecular weight excluding hydrogens is 186 g/mol. The first-order valence-electron chi connectivity index (χ1n) is 4.20. The van der Waals surface area contributed by atoms with Crippen molar-refractivity contribution in [1.82, 2.24) is 5.32 Å². The number of carbonyl (C=O) groups is 1. The van der Waals surface area contributed by atoms with E-state index in [2.05, 4.69) is 5.32 Å². The molecule has 72 valence electrons. The van der Waals surface area contributed by atoms with Crippen LogP contribution in [0.3, 0.4) is 0 Å². The maximum Gasteiger partial charge on any atom is 0.261 e. The summed E-state index contributed by atoms with van der Waals surface area (Å²) in [7, 11) is 0. The molecule has 0 aromatic carbocycles. The summed E-state index contributed by atoms with van der Waals surface area (Å²) in [6.45, 7) is 2.23. The molecule has 1 heterocycles. The number of nitrogens with one attached hydrogen (secondary N) is 1. The monoisotopic (exact) mass is 199 g/mol. The van der Waals surface area contributed by atoms with Gasteiger partial charge in [0.1, 0.15) is 0 Å². The molecule has 3 nitrogen and oxygen atoms in total. The van der Waals surface area contributed by atoms with Crippen LogP contribution >= 0.6 is 11.3 Å². The first-order valence-corrected chi connectivity index (χ1v) is 5.08. The van der Waals surface area contributed by atoms with Crippen LogP contribution in [0.4, 0.5) is 0 Å². The van der Waals surface area contributed by atoms with Crippen molar-refractivity contribution in [1.29, 1.82) is 0 Å². The maximum atomic E-state index is 11.3. The molecule has 4 heteroatoms. The van der Waals surface area contributed by atoms with E-state index in [1.54, 1.807) is 13.0 Å². The van der Waals surface area contributed by atoms with E-state index in [1.165, 1.54) is 11.3 Å². The quantitative estimate of drug-likeness (QED) is 0.766. The minimum absolute atomic E-state index is 0.0596. The Morgan fingerprint density at radius 3 is 3.08 bits per heavy atom. The van der Waals surface area contributed by atoms with Crippen molar-refractivity contribution < 1.29 is 9.90 Å².